The fourth-order valence-corrected chi connectivity index (χ4v) is 3.56. The zero-order valence-corrected chi connectivity index (χ0v) is 12.3. The van der Waals surface area contributed by atoms with E-state index in [-0.39, 0.29) is 0 Å². The Morgan fingerprint density at radius 1 is 1.21 bits per heavy atom. The summed E-state index contributed by atoms with van der Waals surface area (Å²) >= 11 is 7.47. The lowest BCUT2D eigenvalue weighted by Crippen LogP contribution is -3.13. The summed E-state index contributed by atoms with van der Waals surface area (Å²) < 4.78 is 0.650. The number of rotatable bonds is 3. The molecular formula is C14H17ClN3S+. The number of aromatic nitrogens is 1. The van der Waals surface area contributed by atoms with Crippen molar-refractivity contribution in [3.63, 3.8) is 0 Å². The van der Waals surface area contributed by atoms with Crippen molar-refractivity contribution < 1.29 is 4.90 Å². The number of thiazole rings is 1. The molecule has 1 aromatic carbocycles. The molecule has 1 N–H and O–H groups in total. The minimum absolute atomic E-state index is 0.650. The van der Waals surface area contributed by atoms with Crippen LogP contribution in [0.5, 0.6) is 0 Å². The molecule has 5 heteroatoms. The van der Waals surface area contributed by atoms with E-state index in [4.69, 9.17) is 11.6 Å². The second-order valence-electron chi connectivity index (χ2n) is 4.83. The highest BCUT2D eigenvalue weighted by Gasteiger charge is 2.20. The Bertz CT molecular complexity index is 520. The van der Waals surface area contributed by atoms with Gasteiger partial charge < -0.3 is 9.80 Å². The summed E-state index contributed by atoms with van der Waals surface area (Å²) in [5.41, 5.74) is 1.34. The van der Waals surface area contributed by atoms with Gasteiger partial charge in [-0.2, -0.15) is 0 Å². The van der Waals surface area contributed by atoms with E-state index in [2.05, 4.69) is 40.2 Å². The van der Waals surface area contributed by atoms with Gasteiger partial charge >= 0.3 is 0 Å². The number of para-hydroxylation sites is 1. The summed E-state index contributed by atoms with van der Waals surface area (Å²) in [7, 11) is 0. The highest BCUT2D eigenvalue weighted by atomic mass is 35.5. The molecule has 0 radical (unpaired) electrons. The van der Waals surface area contributed by atoms with Crippen LogP contribution in [0.1, 0.15) is 4.88 Å². The summed E-state index contributed by atoms with van der Waals surface area (Å²) in [6.07, 6.45) is 1.91. The van der Waals surface area contributed by atoms with E-state index in [0.717, 1.165) is 19.6 Å². The third-order valence-corrected chi connectivity index (χ3v) is 4.66. The van der Waals surface area contributed by atoms with Crippen molar-refractivity contribution in [2.45, 2.75) is 6.54 Å². The largest absolute Gasteiger partial charge is 0.360 e. The highest BCUT2D eigenvalue weighted by molar-refractivity contribution is 7.15. The van der Waals surface area contributed by atoms with Crippen molar-refractivity contribution in [2.75, 3.05) is 31.1 Å². The van der Waals surface area contributed by atoms with E-state index in [1.807, 2.05) is 6.20 Å². The molecule has 19 heavy (non-hydrogen) atoms. The number of benzene rings is 1. The lowest BCUT2D eigenvalue weighted by atomic mass is 10.2. The number of hydrogen-bond donors (Lipinski definition) is 1. The Morgan fingerprint density at radius 2 is 1.95 bits per heavy atom. The van der Waals surface area contributed by atoms with Gasteiger partial charge in [-0.25, -0.2) is 4.98 Å². The molecule has 1 saturated heterocycles. The summed E-state index contributed by atoms with van der Waals surface area (Å²) in [6, 6.07) is 10.7. The van der Waals surface area contributed by atoms with Gasteiger partial charge in [-0.1, -0.05) is 29.8 Å². The smallest absolute Gasteiger partial charge is 0.183 e. The Balaban J connectivity index is 1.55. The van der Waals surface area contributed by atoms with Crippen LogP contribution in [-0.4, -0.2) is 31.2 Å². The molecule has 1 fully saturated rings. The first-order valence-corrected chi connectivity index (χ1v) is 7.74. The number of hydrogen-bond acceptors (Lipinski definition) is 3. The molecule has 1 aromatic heterocycles. The molecule has 100 valence electrons. The second kappa shape index (κ2) is 5.90. The molecule has 0 saturated carbocycles. The van der Waals surface area contributed by atoms with E-state index in [9.17, 15) is 0 Å². The standard InChI is InChI=1S/C14H16ClN3S/c15-14-16-10-13(19-14)11-17-6-8-18(9-7-17)12-4-2-1-3-5-12/h1-5,10H,6-9,11H2/p+1. The molecule has 0 unspecified atom stereocenters. The number of nitrogens with zero attached hydrogens (tertiary/aromatic N) is 2. The Morgan fingerprint density at radius 3 is 2.58 bits per heavy atom. The fraction of sp³-hybridized carbons (Fsp3) is 0.357. The van der Waals surface area contributed by atoms with Crippen LogP contribution in [0.15, 0.2) is 36.5 Å². The van der Waals surface area contributed by atoms with Gasteiger partial charge in [-0.15, -0.1) is 11.3 Å². The first-order valence-electron chi connectivity index (χ1n) is 6.55. The van der Waals surface area contributed by atoms with Crippen molar-refractivity contribution in [2.24, 2.45) is 0 Å². The lowest BCUT2D eigenvalue weighted by Gasteiger charge is -2.33. The predicted octanol–water partition coefficient (Wildman–Crippen LogP) is 1.70. The fourth-order valence-electron chi connectivity index (χ4n) is 2.51. The van der Waals surface area contributed by atoms with Crippen LogP contribution in [0.25, 0.3) is 0 Å². The summed E-state index contributed by atoms with van der Waals surface area (Å²) in [5.74, 6) is 0. The van der Waals surface area contributed by atoms with Gasteiger partial charge in [0.1, 0.15) is 6.54 Å². The molecule has 0 bridgehead atoms. The molecule has 3 rings (SSSR count). The van der Waals surface area contributed by atoms with Crippen molar-refractivity contribution >= 4 is 28.6 Å². The molecular weight excluding hydrogens is 278 g/mol. The summed E-state index contributed by atoms with van der Waals surface area (Å²) in [6.45, 7) is 5.62. The summed E-state index contributed by atoms with van der Waals surface area (Å²) in [4.78, 5) is 9.47. The SMILES string of the molecule is Clc1ncc(C[NH+]2CCN(c3ccccc3)CC2)s1. The normalized spacial score (nSPS) is 16.8. The Labute approximate surface area is 122 Å². The zero-order chi connectivity index (χ0) is 13.1. The third-order valence-electron chi connectivity index (χ3n) is 3.54. The maximum atomic E-state index is 5.87. The number of halogens is 1. The van der Waals surface area contributed by atoms with Crippen molar-refractivity contribution in [1.82, 2.24) is 4.98 Å². The van der Waals surface area contributed by atoms with E-state index in [1.54, 1.807) is 16.2 Å². The molecule has 0 aliphatic carbocycles. The molecule has 2 heterocycles. The van der Waals surface area contributed by atoms with Gasteiger partial charge in [-0.05, 0) is 12.1 Å². The lowest BCUT2D eigenvalue weighted by molar-refractivity contribution is -0.914. The van der Waals surface area contributed by atoms with Crippen LogP contribution in [0, 0.1) is 0 Å². The first kappa shape index (κ1) is 12.9. The Kier molecular flexibility index (Phi) is 4.01. The van der Waals surface area contributed by atoms with Crippen LogP contribution in [0.2, 0.25) is 4.47 Å². The minimum Gasteiger partial charge on any atom is -0.360 e. The molecule has 0 spiro atoms. The van der Waals surface area contributed by atoms with Crippen LogP contribution >= 0.6 is 22.9 Å². The molecule has 0 amide bonds. The van der Waals surface area contributed by atoms with E-state index in [0.29, 0.717) is 4.47 Å². The first-order chi connectivity index (χ1) is 9.31. The average Bonchev–Trinajstić information content (AvgIpc) is 2.86. The van der Waals surface area contributed by atoms with Crippen molar-refractivity contribution in [3.05, 3.63) is 45.9 Å². The molecule has 0 atom stereocenters. The van der Waals surface area contributed by atoms with E-state index >= 15 is 0 Å². The third kappa shape index (κ3) is 3.26. The van der Waals surface area contributed by atoms with Crippen molar-refractivity contribution in [1.29, 1.82) is 0 Å². The van der Waals surface area contributed by atoms with Crippen LogP contribution < -0.4 is 9.80 Å². The highest BCUT2D eigenvalue weighted by Crippen LogP contribution is 2.17. The number of quaternary nitrogens is 1. The topological polar surface area (TPSA) is 20.6 Å². The van der Waals surface area contributed by atoms with Gasteiger partial charge in [0.15, 0.2) is 4.47 Å². The van der Waals surface area contributed by atoms with Crippen LogP contribution in [0.4, 0.5) is 5.69 Å². The zero-order valence-electron chi connectivity index (χ0n) is 10.7. The number of anilines is 1. The number of piperazine rings is 1. The minimum atomic E-state index is 0.650. The van der Waals surface area contributed by atoms with Crippen LogP contribution in [0.3, 0.4) is 0 Å². The van der Waals surface area contributed by atoms with Gasteiger partial charge in [0.2, 0.25) is 0 Å². The summed E-state index contributed by atoms with van der Waals surface area (Å²) in [5, 5.41) is 0. The maximum Gasteiger partial charge on any atom is 0.183 e. The molecule has 3 nitrogen and oxygen atoms in total. The predicted molar refractivity (Wildman–Crippen MR) is 80.2 cm³/mol. The van der Waals surface area contributed by atoms with Gasteiger partial charge in [0.25, 0.3) is 0 Å². The van der Waals surface area contributed by atoms with Gasteiger partial charge in [0, 0.05) is 11.9 Å². The second-order valence-corrected chi connectivity index (χ2v) is 6.53. The molecule has 1 aliphatic rings. The van der Waals surface area contributed by atoms with Gasteiger partial charge in [-0.3, -0.25) is 0 Å². The van der Waals surface area contributed by atoms with Gasteiger partial charge in [0.05, 0.1) is 31.1 Å². The Hall–Kier alpha value is -1.10. The quantitative estimate of drug-likeness (QED) is 0.930. The monoisotopic (exact) mass is 294 g/mol. The van der Waals surface area contributed by atoms with E-state index < -0.39 is 0 Å². The molecule has 2 aromatic rings. The molecule has 1 aliphatic heterocycles. The number of nitrogens with one attached hydrogen (secondary N) is 1. The average molecular weight is 295 g/mol. The van der Waals surface area contributed by atoms with Crippen molar-refractivity contribution in [3.8, 4) is 0 Å². The maximum absolute atomic E-state index is 5.87. The van der Waals surface area contributed by atoms with E-state index in [1.165, 1.54) is 23.7 Å². The van der Waals surface area contributed by atoms with Crippen LogP contribution in [-0.2, 0) is 6.54 Å².